The van der Waals surface area contributed by atoms with Gasteiger partial charge in [0.15, 0.2) is 0 Å². The average molecular weight is 497 g/mol. The van der Waals surface area contributed by atoms with Gasteiger partial charge in [0.1, 0.15) is 11.4 Å². The van der Waals surface area contributed by atoms with Crippen molar-refractivity contribution in [3.63, 3.8) is 0 Å². The first-order valence-electron chi connectivity index (χ1n) is 11.3. The highest BCUT2D eigenvalue weighted by Gasteiger charge is 2.47. The van der Waals surface area contributed by atoms with Crippen LogP contribution < -0.4 is 5.32 Å². The molecular weight excluding hydrogens is 472 g/mol. The summed E-state index contributed by atoms with van der Waals surface area (Å²) in [6.07, 6.45) is -0.830. The quantitative estimate of drug-likeness (QED) is 0.360. The number of carbonyl (C=O) groups excluding carboxylic acids is 2. The van der Waals surface area contributed by atoms with Crippen molar-refractivity contribution in [3.8, 4) is 0 Å². The Morgan fingerprint density at radius 1 is 0.944 bits per heavy atom. The number of benzene rings is 3. The molecule has 0 aliphatic carbocycles. The molecule has 2 amide bonds. The third-order valence-electron chi connectivity index (χ3n) is 6.20. The van der Waals surface area contributed by atoms with E-state index in [9.17, 15) is 27.2 Å². The third kappa shape index (κ3) is 5.32. The molecule has 186 valence electrons. The molecule has 1 heterocycles. The van der Waals surface area contributed by atoms with Gasteiger partial charge in [0.2, 0.25) is 5.91 Å². The molecule has 1 unspecified atom stereocenters. The zero-order valence-electron chi connectivity index (χ0n) is 19.4. The minimum Gasteiger partial charge on any atom is -0.350 e. The van der Waals surface area contributed by atoms with Crippen molar-refractivity contribution in [3.05, 3.63) is 119 Å². The van der Waals surface area contributed by atoms with Gasteiger partial charge in [-0.05, 0) is 54.8 Å². The number of hydrogen-bond acceptors (Lipinski definition) is 2. The Morgan fingerprint density at radius 3 is 2.22 bits per heavy atom. The molecule has 0 saturated carbocycles. The van der Waals surface area contributed by atoms with Crippen LogP contribution in [0.1, 0.15) is 34.0 Å². The number of nitrogens with zero attached hydrogens (tertiary/aromatic N) is 1. The molecule has 0 aromatic heterocycles. The first kappa shape index (κ1) is 25.2. The third-order valence-corrected chi connectivity index (χ3v) is 6.20. The van der Waals surface area contributed by atoms with Gasteiger partial charge in [-0.2, -0.15) is 13.2 Å². The molecule has 0 fully saturated rings. The second-order valence-corrected chi connectivity index (χ2v) is 8.83. The molecule has 1 aliphatic rings. The highest BCUT2D eigenvalue weighted by atomic mass is 19.4. The number of amides is 2. The summed E-state index contributed by atoms with van der Waals surface area (Å²) in [5, 5.41) is 2.59. The summed E-state index contributed by atoms with van der Waals surface area (Å²) >= 11 is 0. The molecule has 4 rings (SSSR count). The minimum atomic E-state index is -4.72. The first-order chi connectivity index (χ1) is 17.1. The molecule has 2 atom stereocenters. The number of alkyl halides is 3. The standard InChI is InChI=1S/C28H24F4N2O2/c1-27(26(36)33-18-20-14-22(28(30,31)32)17-23(29)15-20)13-12-24(16-19-8-4-2-5-9-19)34(27)25(35)21-10-6-3-7-11-21/h2-15,17,24H,16,18H2,1H3,(H,33,36)/t24?,27-/m1/s1. The number of hydrogen-bond donors (Lipinski definition) is 1. The van der Waals surface area contributed by atoms with Crippen molar-refractivity contribution in [1.82, 2.24) is 10.2 Å². The zero-order chi connectivity index (χ0) is 25.9. The Bertz CT molecular complexity index is 1280. The molecule has 0 bridgehead atoms. The zero-order valence-corrected chi connectivity index (χ0v) is 19.4. The van der Waals surface area contributed by atoms with E-state index in [2.05, 4.69) is 5.32 Å². The summed E-state index contributed by atoms with van der Waals surface area (Å²) < 4.78 is 53.0. The molecule has 1 aliphatic heterocycles. The van der Waals surface area contributed by atoms with Crippen LogP contribution in [0.5, 0.6) is 0 Å². The predicted molar refractivity (Wildman–Crippen MR) is 127 cm³/mol. The van der Waals surface area contributed by atoms with Crippen molar-refractivity contribution in [2.45, 2.75) is 37.6 Å². The SMILES string of the molecule is C[C@]1(C(=O)NCc2cc(F)cc(C(F)(F)F)c2)C=CC(Cc2ccccc2)N1C(=O)c1ccccc1. The lowest BCUT2D eigenvalue weighted by atomic mass is 9.98. The van der Waals surface area contributed by atoms with Gasteiger partial charge in [0.05, 0.1) is 11.6 Å². The fourth-order valence-electron chi connectivity index (χ4n) is 4.37. The molecule has 8 heteroatoms. The number of nitrogens with one attached hydrogen (secondary N) is 1. The maximum Gasteiger partial charge on any atom is 0.416 e. The number of carbonyl (C=O) groups is 2. The topological polar surface area (TPSA) is 49.4 Å². The van der Waals surface area contributed by atoms with Crippen LogP contribution in [-0.2, 0) is 23.9 Å². The normalized spacial score (nSPS) is 19.4. The van der Waals surface area contributed by atoms with Crippen molar-refractivity contribution in [2.75, 3.05) is 0 Å². The van der Waals surface area contributed by atoms with Gasteiger partial charge in [-0.3, -0.25) is 9.59 Å². The number of halogens is 4. The maximum atomic E-state index is 13.8. The molecule has 3 aromatic rings. The van der Waals surface area contributed by atoms with E-state index in [1.807, 2.05) is 30.3 Å². The fourth-order valence-corrected chi connectivity index (χ4v) is 4.37. The summed E-state index contributed by atoms with van der Waals surface area (Å²) in [6, 6.07) is 19.8. The molecule has 36 heavy (non-hydrogen) atoms. The highest BCUT2D eigenvalue weighted by Crippen LogP contribution is 2.33. The van der Waals surface area contributed by atoms with Crippen LogP contribution in [0, 0.1) is 5.82 Å². The molecule has 3 aromatic carbocycles. The van der Waals surface area contributed by atoms with E-state index in [0.29, 0.717) is 18.1 Å². The van der Waals surface area contributed by atoms with Gasteiger partial charge in [0, 0.05) is 12.1 Å². The lowest BCUT2D eigenvalue weighted by molar-refractivity contribution is -0.137. The van der Waals surface area contributed by atoms with Crippen molar-refractivity contribution >= 4 is 11.8 Å². The van der Waals surface area contributed by atoms with Crippen LogP contribution >= 0.6 is 0 Å². The van der Waals surface area contributed by atoms with Gasteiger partial charge in [-0.25, -0.2) is 4.39 Å². The van der Waals surface area contributed by atoms with E-state index in [1.165, 1.54) is 4.90 Å². The summed E-state index contributed by atoms with van der Waals surface area (Å²) in [5.74, 6) is -1.99. The Balaban J connectivity index is 1.59. The molecule has 4 nitrogen and oxygen atoms in total. The maximum absolute atomic E-state index is 13.8. The Kier molecular flexibility index (Phi) is 6.97. The van der Waals surface area contributed by atoms with Crippen molar-refractivity contribution in [1.29, 1.82) is 0 Å². The Morgan fingerprint density at radius 2 is 1.58 bits per heavy atom. The highest BCUT2D eigenvalue weighted by molar-refractivity contribution is 6.01. The van der Waals surface area contributed by atoms with Crippen LogP contribution in [0.25, 0.3) is 0 Å². The smallest absolute Gasteiger partial charge is 0.350 e. The minimum absolute atomic E-state index is 0.0389. The molecule has 0 spiro atoms. The van der Waals surface area contributed by atoms with Crippen LogP contribution in [0.3, 0.4) is 0 Å². The van der Waals surface area contributed by atoms with Crippen molar-refractivity contribution in [2.24, 2.45) is 0 Å². The molecular formula is C28H24F4N2O2. The molecule has 0 radical (unpaired) electrons. The molecule has 0 saturated heterocycles. The van der Waals surface area contributed by atoms with Gasteiger partial charge in [-0.15, -0.1) is 0 Å². The van der Waals surface area contributed by atoms with Crippen LogP contribution in [0.4, 0.5) is 17.6 Å². The number of rotatable bonds is 6. The molecule has 1 N–H and O–H groups in total. The second-order valence-electron chi connectivity index (χ2n) is 8.83. The van der Waals surface area contributed by atoms with Crippen LogP contribution in [-0.4, -0.2) is 28.3 Å². The van der Waals surface area contributed by atoms with E-state index < -0.39 is 35.0 Å². The van der Waals surface area contributed by atoms with E-state index >= 15 is 0 Å². The second kappa shape index (κ2) is 9.97. The van der Waals surface area contributed by atoms with Gasteiger partial charge >= 0.3 is 6.18 Å². The van der Waals surface area contributed by atoms with E-state index in [1.54, 1.807) is 49.4 Å². The largest absolute Gasteiger partial charge is 0.416 e. The Labute approximate surface area is 206 Å². The Hall–Kier alpha value is -3.94. The average Bonchev–Trinajstić information content (AvgIpc) is 3.19. The first-order valence-corrected chi connectivity index (χ1v) is 11.3. The lowest BCUT2D eigenvalue weighted by Gasteiger charge is -2.37. The van der Waals surface area contributed by atoms with Crippen LogP contribution in [0.2, 0.25) is 0 Å². The summed E-state index contributed by atoms with van der Waals surface area (Å²) in [7, 11) is 0. The van der Waals surface area contributed by atoms with Crippen LogP contribution in [0.15, 0.2) is 91.0 Å². The summed E-state index contributed by atoms with van der Waals surface area (Å²) in [5.41, 5.74) is -1.21. The van der Waals surface area contributed by atoms with Gasteiger partial charge < -0.3 is 10.2 Å². The van der Waals surface area contributed by atoms with E-state index in [4.69, 9.17) is 0 Å². The lowest BCUT2D eigenvalue weighted by Crippen LogP contribution is -2.58. The van der Waals surface area contributed by atoms with Gasteiger partial charge in [0.25, 0.3) is 5.91 Å². The monoisotopic (exact) mass is 496 g/mol. The summed E-state index contributed by atoms with van der Waals surface area (Å²) in [4.78, 5) is 28.4. The van der Waals surface area contributed by atoms with E-state index in [-0.39, 0.29) is 18.0 Å². The summed E-state index contributed by atoms with van der Waals surface area (Å²) in [6.45, 7) is 1.25. The predicted octanol–water partition coefficient (Wildman–Crippen LogP) is 5.54. The van der Waals surface area contributed by atoms with Gasteiger partial charge in [-0.1, -0.05) is 60.7 Å². The fraction of sp³-hybridized carbons (Fsp3) is 0.214. The van der Waals surface area contributed by atoms with Crippen molar-refractivity contribution < 1.29 is 27.2 Å². The van der Waals surface area contributed by atoms with E-state index in [0.717, 1.165) is 17.7 Å².